The van der Waals surface area contributed by atoms with E-state index < -0.39 is 23.9 Å². The highest BCUT2D eigenvalue weighted by molar-refractivity contribution is 5.93. The van der Waals surface area contributed by atoms with Gasteiger partial charge in [-0.05, 0) is 18.2 Å². The quantitative estimate of drug-likeness (QED) is 0.743. The average molecular weight is 281 g/mol. The molecule has 1 rings (SSSR count). The molecule has 0 bridgehead atoms. The van der Waals surface area contributed by atoms with E-state index in [0.717, 1.165) is 12.1 Å². The van der Waals surface area contributed by atoms with Crippen LogP contribution in [0.2, 0.25) is 0 Å². The van der Waals surface area contributed by atoms with Crippen molar-refractivity contribution in [3.05, 3.63) is 29.6 Å². The van der Waals surface area contributed by atoms with Gasteiger partial charge in [0.1, 0.15) is 11.9 Å². The van der Waals surface area contributed by atoms with Gasteiger partial charge in [-0.3, -0.25) is 0 Å². The van der Waals surface area contributed by atoms with Crippen LogP contribution in [0.5, 0.6) is 0 Å². The zero-order chi connectivity index (χ0) is 15.1. The summed E-state index contributed by atoms with van der Waals surface area (Å²) in [5, 5.41) is 22.1. The summed E-state index contributed by atoms with van der Waals surface area (Å²) in [6.07, 6.45) is 0. The minimum Gasteiger partial charge on any atom is -0.480 e. The first kappa shape index (κ1) is 15.4. The molecule has 1 aromatic carbocycles. The first-order valence-electron chi connectivity index (χ1n) is 5.46. The van der Waals surface area contributed by atoms with Crippen molar-refractivity contribution in [1.82, 2.24) is 5.32 Å². The number of carbonyl (C=O) groups excluding carboxylic acids is 1. The summed E-state index contributed by atoms with van der Waals surface area (Å²) in [5.41, 5.74) is 0.00622. The van der Waals surface area contributed by atoms with Crippen molar-refractivity contribution in [1.29, 1.82) is 5.26 Å². The van der Waals surface area contributed by atoms with Crippen LogP contribution in [0.4, 0.5) is 14.9 Å². The number of nitrogens with zero attached hydrogens (tertiary/aromatic N) is 1. The number of carboxylic acids is 1. The maximum Gasteiger partial charge on any atom is 0.328 e. The van der Waals surface area contributed by atoms with Gasteiger partial charge in [-0.25, -0.2) is 14.0 Å². The fourth-order valence-corrected chi connectivity index (χ4v) is 1.38. The van der Waals surface area contributed by atoms with Crippen LogP contribution in [0.3, 0.4) is 0 Å². The second-order valence-electron chi connectivity index (χ2n) is 3.75. The van der Waals surface area contributed by atoms with Crippen LogP contribution in [0.15, 0.2) is 18.2 Å². The molecule has 0 heterocycles. The highest BCUT2D eigenvalue weighted by Crippen LogP contribution is 2.15. The Labute approximate surface area is 114 Å². The summed E-state index contributed by atoms with van der Waals surface area (Å²) < 4.78 is 17.6. The van der Waals surface area contributed by atoms with E-state index in [1.54, 1.807) is 6.07 Å². The fraction of sp³-hybridized carbons (Fsp3) is 0.250. The number of carbonyl (C=O) groups is 2. The molecule has 8 heteroatoms. The average Bonchev–Trinajstić information content (AvgIpc) is 2.40. The van der Waals surface area contributed by atoms with Gasteiger partial charge in [-0.2, -0.15) is 5.26 Å². The van der Waals surface area contributed by atoms with E-state index in [0.29, 0.717) is 0 Å². The molecule has 0 radical (unpaired) electrons. The van der Waals surface area contributed by atoms with E-state index >= 15 is 0 Å². The summed E-state index contributed by atoms with van der Waals surface area (Å²) in [5.74, 6) is -1.88. The lowest BCUT2D eigenvalue weighted by atomic mass is 10.2. The molecule has 3 N–H and O–H groups in total. The van der Waals surface area contributed by atoms with E-state index in [4.69, 9.17) is 10.4 Å². The van der Waals surface area contributed by atoms with E-state index in [2.05, 4.69) is 15.4 Å². The third-order valence-electron chi connectivity index (χ3n) is 2.29. The highest BCUT2D eigenvalue weighted by atomic mass is 19.1. The van der Waals surface area contributed by atoms with Crippen molar-refractivity contribution < 1.29 is 23.8 Å². The maximum absolute atomic E-state index is 12.9. The molecule has 2 amide bonds. The van der Waals surface area contributed by atoms with Gasteiger partial charge in [0.25, 0.3) is 0 Å². The van der Waals surface area contributed by atoms with Crippen LogP contribution >= 0.6 is 0 Å². The van der Waals surface area contributed by atoms with Gasteiger partial charge >= 0.3 is 12.0 Å². The Morgan fingerprint density at radius 3 is 2.80 bits per heavy atom. The molecule has 1 unspecified atom stereocenters. The van der Waals surface area contributed by atoms with Gasteiger partial charge in [0, 0.05) is 7.11 Å². The number of halogens is 1. The number of rotatable bonds is 5. The van der Waals surface area contributed by atoms with Crippen LogP contribution < -0.4 is 10.6 Å². The topological polar surface area (TPSA) is 111 Å². The predicted octanol–water partition coefficient (Wildman–Crippen LogP) is 0.918. The SMILES string of the molecule is COCC(NC(=O)Nc1ccc(F)cc1C#N)C(=O)O. The van der Waals surface area contributed by atoms with Crippen LogP contribution in [0.1, 0.15) is 5.56 Å². The fourth-order valence-electron chi connectivity index (χ4n) is 1.38. The minimum absolute atomic E-state index is 0.0706. The minimum atomic E-state index is -1.26. The van der Waals surface area contributed by atoms with E-state index in [-0.39, 0.29) is 17.9 Å². The molecular formula is C12H12FN3O4. The molecule has 0 spiro atoms. The Balaban J connectivity index is 2.76. The van der Waals surface area contributed by atoms with Crippen LogP contribution in [0, 0.1) is 17.1 Å². The first-order valence-corrected chi connectivity index (χ1v) is 5.46. The molecular weight excluding hydrogens is 269 g/mol. The summed E-state index contributed by atoms with van der Waals surface area (Å²) in [6, 6.07) is 2.89. The third kappa shape index (κ3) is 4.22. The molecule has 0 aromatic heterocycles. The second-order valence-corrected chi connectivity index (χ2v) is 3.75. The van der Waals surface area contributed by atoms with Crippen molar-refractivity contribution in [3.8, 4) is 6.07 Å². The van der Waals surface area contributed by atoms with Gasteiger partial charge < -0.3 is 20.5 Å². The van der Waals surface area contributed by atoms with Crippen LogP contribution in [0.25, 0.3) is 0 Å². The largest absolute Gasteiger partial charge is 0.480 e. The number of urea groups is 1. The van der Waals surface area contributed by atoms with Gasteiger partial charge in [-0.15, -0.1) is 0 Å². The Morgan fingerprint density at radius 2 is 2.25 bits per heavy atom. The van der Waals surface area contributed by atoms with Crippen molar-refractivity contribution in [2.24, 2.45) is 0 Å². The number of nitrogens with one attached hydrogen (secondary N) is 2. The molecule has 1 aromatic rings. The van der Waals surface area contributed by atoms with Crippen molar-refractivity contribution in [2.45, 2.75) is 6.04 Å². The molecule has 20 heavy (non-hydrogen) atoms. The van der Waals surface area contributed by atoms with Gasteiger partial charge in [0.2, 0.25) is 0 Å². The van der Waals surface area contributed by atoms with Crippen LogP contribution in [-0.4, -0.2) is 36.9 Å². The van der Waals surface area contributed by atoms with Gasteiger partial charge in [-0.1, -0.05) is 0 Å². The number of hydrogen-bond donors (Lipinski definition) is 3. The standard InChI is InChI=1S/C12H12FN3O4/c1-20-6-10(11(17)18)16-12(19)15-9-3-2-8(13)4-7(9)5-14/h2-4,10H,6H2,1H3,(H,17,18)(H2,15,16,19). The number of aliphatic carboxylic acids is 1. The summed E-state index contributed by atoms with van der Waals surface area (Å²) in [7, 11) is 1.29. The number of ether oxygens (including phenoxy) is 1. The molecule has 0 aliphatic heterocycles. The van der Waals surface area contributed by atoms with E-state index in [9.17, 15) is 14.0 Å². The van der Waals surface area contributed by atoms with E-state index in [1.165, 1.54) is 13.2 Å². The Hall–Kier alpha value is -2.66. The molecule has 0 saturated carbocycles. The number of nitriles is 1. The lowest BCUT2D eigenvalue weighted by Gasteiger charge is -2.14. The monoisotopic (exact) mass is 281 g/mol. The molecule has 0 saturated heterocycles. The molecule has 7 nitrogen and oxygen atoms in total. The predicted molar refractivity (Wildman–Crippen MR) is 66.6 cm³/mol. The smallest absolute Gasteiger partial charge is 0.328 e. The van der Waals surface area contributed by atoms with Crippen molar-refractivity contribution in [3.63, 3.8) is 0 Å². The first-order chi connectivity index (χ1) is 9.47. The summed E-state index contributed by atoms with van der Waals surface area (Å²) >= 11 is 0. The number of amides is 2. The molecule has 106 valence electrons. The molecule has 1 atom stereocenters. The second kappa shape index (κ2) is 7.06. The zero-order valence-electron chi connectivity index (χ0n) is 10.5. The number of anilines is 1. The summed E-state index contributed by atoms with van der Waals surface area (Å²) in [4.78, 5) is 22.4. The normalized spacial score (nSPS) is 11.2. The van der Waals surface area contributed by atoms with Crippen molar-refractivity contribution >= 4 is 17.7 Å². The van der Waals surface area contributed by atoms with Gasteiger partial charge in [0.05, 0.1) is 17.9 Å². The van der Waals surface area contributed by atoms with Gasteiger partial charge in [0.15, 0.2) is 6.04 Å². The lowest BCUT2D eigenvalue weighted by Crippen LogP contribution is -2.45. The third-order valence-corrected chi connectivity index (χ3v) is 2.29. The number of methoxy groups -OCH3 is 1. The zero-order valence-corrected chi connectivity index (χ0v) is 10.5. The number of hydrogen-bond acceptors (Lipinski definition) is 4. The Morgan fingerprint density at radius 1 is 1.55 bits per heavy atom. The lowest BCUT2D eigenvalue weighted by molar-refractivity contribution is -0.140. The summed E-state index contributed by atoms with van der Waals surface area (Å²) in [6.45, 7) is -0.211. The maximum atomic E-state index is 12.9. The number of carboxylic acid groups (broad SMARTS) is 1. The molecule has 0 aliphatic carbocycles. The van der Waals surface area contributed by atoms with E-state index in [1.807, 2.05) is 0 Å². The van der Waals surface area contributed by atoms with Crippen molar-refractivity contribution in [2.75, 3.05) is 19.0 Å². The molecule has 0 fully saturated rings. The molecule has 0 aliphatic rings. The number of benzene rings is 1. The van der Waals surface area contributed by atoms with Crippen LogP contribution in [-0.2, 0) is 9.53 Å². The highest BCUT2D eigenvalue weighted by Gasteiger charge is 2.20. The Kier molecular flexibility index (Phi) is 5.43. The Bertz CT molecular complexity index is 556.